The fraction of sp³-hybridized carbons (Fsp3) is 0.429. The van der Waals surface area contributed by atoms with Gasteiger partial charge in [-0.25, -0.2) is 25.0 Å². The van der Waals surface area contributed by atoms with Crippen LogP contribution in [0.15, 0.2) is 84.6 Å². The summed E-state index contributed by atoms with van der Waals surface area (Å²) in [6.45, 7) is 7.13. The highest BCUT2D eigenvalue weighted by Gasteiger charge is 2.29. The Balaban J connectivity index is 0.752. The largest absolute Gasteiger partial charge is 0.454 e. The zero-order chi connectivity index (χ0) is 43.5. The van der Waals surface area contributed by atoms with Crippen molar-refractivity contribution in [3.8, 4) is 34.5 Å². The third-order valence-corrected chi connectivity index (χ3v) is 10.8. The quantitative estimate of drug-likeness (QED) is 0.142. The summed E-state index contributed by atoms with van der Waals surface area (Å²) in [6.07, 6.45) is 0.607. The minimum Gasteiger partial charge on any atom is -0.454 e. The molecule has 6 heterocycles. The Morgan fingerprint density at radius 2 is 1.24 bits per heavy atom. The van der Waals surface area contributed by atoms with E-state index in [1.165, 1.54) is 0 Å². The van der Waals surface area contributed by atoms with Crippen molar-refractivity contribution in [2.24, 2.45) is 41.4 Å². The molecule has 0 spiro atoms. The first kappa shape index (κ1) is 41.1. The molecule has 0 saturated carbocycles. The highest BCUT2D eigenvalue weighted by atomic mass is 16.7. The summed E-state index contributed by atoms with van der Waals surface area (Å²) in [7, 11) is 3.93. The molecule has 3 aromatic rings. The molecule has 0 saturated heterocycles. The van der Waals surface area contributed by atoms with Gasteiger partial charge in [0.2, 0.25) is 31.5 Å². The maximum absolute atomic E-state index is 6.27. The van der Waals surface area contributed by atoms with Crippen molar-refractivity contribution in [3.05, 3.63) is 71.3 Å². The molecule has 3 aromatic carbocycles. The minimum atomic E-state index is -0.529. The number of hydrogen-bond donors (Lipinski definition) is 6. The molecule has 0 aliphatic carbocycles. The summed E-state index contributed by atoms with van der Waals surface area (Å²) in [5.74, 6) is 7.61. The van der Waals surface area contributed by atoms with Crippen molar-refractivity contribution in [2.45, 2.75) is 64.4 Å². The van der Waals surface area contributed by atoms with Crippen LogP contribution in [0, 0.1) is 0 Å². The molecular formula is C42H53N15O6. The zero-order valence-corrected chi connectivity index (χ0v) is 35.7. The Morgan fingerprint density at radius 1 is 0.635 bits per heavy atom. The van der Waals surface area contributed by atoms with Gasteiger partial charge < -0.3 is 59.9 Å². The highest BCUT2D eigenvalue weighted by molar-refractivity contribution is 6.01. The Kier molecular flexibility index (Phi) is 11.7. The van der Waals surface area contributed by atoms with E-state index in [4.69, 9.17) is 59.9 Å². The Morgan fingerprint density at radius 3 is 2.00 bits per heavy atom. The maximum Gasteiger partial charge on any atom is 0.258 e. The molecule has 0 fully saturated rings. The topological polar surface area (TPSA) is 239 Å². The van der Waals surface area contributed by atoms with E-state index in [1.54, 1.807) is 0 Å². The van der Waals surface area contributed by atoms with Crippen LogP contribution in [0.25, 0.3) is 0 Å². The second-order valence-electron chi connectivity index (χ2n) is 15.7. The van der Waals surface area contributed by atoms with Crippen molar-refractivity contribution < 1.29 is 28.4 Å². The smallest absolute Gasteiger partial charge is 0.258 e. The van der Waals surface area contributed by atoms with Gasteiger partial charge in [0.25, 0.3) is 6.29 Å². The second kappa shape index (κ2) is 18.0. The third kappa shape index (κ3) is 9.92. The number of likely N-dealkylation sites (N-methyl/N-ethyl adjacent to an activating group) is 1. The van der Waals surface area contributed by atoms with E-state index < -0.39 is 6.29 Å². The van der Waals surface area contributed by atoms with E-state index in [0.717, 1.165) is 46.1 Å². The van der Waals surface area contributed by atoms with Crippen molar-refractivity contribution in [1.29, 1.82) is 0 Å². The van der Waals surface area contributed by atoms with Gasteiger partial charge in [-0.3, -0.25) is 20.9 Å². The molecule has 0 radical (unpaired) electrons. The van der Waals surface area contributed by atoms with Crippen molar-refractivity contribution in [2.75, 3.05) is 53.9 Å². The van der Waals surface area contributed by atoms with Gasteiger partial charge in [-0.15, -0.1) is 0 Å². The number of nitrogens with one attached hydrogen (secondary N) is 4. The molecule has 4 unspecified atom stereocenters. The molecule has 332 valence electrons. The molecule has 8 N–H and O–H groups in total. The van der Waals surface area contributed by atoms with Gasteiger partial charge in [0.15, 0.2) is 52.4 Å². The van der Waals surface area contributed by atoms with Gasteiger partial charge in [-0.2, -0.15) is 0 Å². The first-order valence-electron chi connectivity index (χ1n) is 21.0. The van der Waals surface area contributed by atoms with Gasteiger partial charge >= 0.3 is 0 Å². The molecule has 21 heteroatoms. The summed E-state index contributed by atoms with van der Waals surface area (Å²) in [4.78, 5) is 34.0. The van der Waals surface area contributed by atoms with Crippen LogP contribution in [0.4, 0.5) is 0 Å². The molecule has 6 aliphatic heterocycles. The second-order valence-corrected chi connectivity index (χ2v) is 15.7. The Bertz CT molecular complexity index is 2390. The van der Waals surface area contributed by atoms with Gasteiger partial charge in [0.1, 0.15) is 18.5 Å². The summed E-state index contributed by atoms with van der Waals surface area (Å²) in [5.41, 5.74) is 15.6. The van der Waals surface area contributed by atoms with Gasteiger partial charge in [0.05, 0.1) is 6.54 Å². The monoisotopic (exact) mass is 863 g/mol. The number of nitrogens with zero attached hydrogens (tertiary/aromatic N) is 9. The van der Waals surface area contributed by atoms with Crippen LogP contribution in [0.3, 0.4) is 0 Å². The molecule has 0 bridgehead atoms. The summed E-state index contributed by atoms with van der Waals surface area (Å²) < 4.78 is 34.5. The summed E-state index contributed by atoms with van der Waals surface area (Å²) >= 11 is 0. The molecule has 0 amide bonds. The van der Waals surface area contributed by atoms with Crippen LogP contribution in [0.1, 0.15) is 37.0 Å². The molecular weight excluding hydrogens is 811 g/mol. The average molecular weight is 864 g/mol. The minimum absolute atomic E-state index is 0.233. The van der Waals surface area contributed by atoms with Crippen molar-refractivity contribution in [3.63, 3.8) is 0 Å². The van der Waals surface area contributed by atoms with Gasteiger partial charge in [-0.05, 0) is 79.8 Å². The standard InChI is InChI=1S/C42H53N15O6/c1-24-46-37(43)53-42(49-24)57(15-12-27-5-8-29-32(17-27)60-22-58-29)16-13-35-50-38(44)52-39(51-35)45-14-11-26-6-10-31-34(18-26)63-36(62-31)21-56(4)41-48-25(2)47-40(54-41)55(3)20-28-7-9-30-33(19-28)61-23-59-30/h5-10,17-19,24-25,35-36H,11-16,20-23H2,1-4H3,(H,47,48,54)(H3,43,46,49,53)(H4,44,45,50,51,52). The number of fused-ring (bicyclic) bond motifs is 3. The first-order chi connectivity index (χ1) is 30.6. The van der Waals surface area contributed by atoms with Crippen LogP contribution < -0.4 is 61.2 Å². The van der Waals surface area contributed by atoms with E-state index in [1.807, 2.05) is 92.3 Å². The normalized spacial score (nSPS) is 22.0. The number of aliphatic imine (C=N–C) groups is 6. The van der Waals surface area contributed by atoms with E-state index in [-0.39, 0.29) is 32.1 Å². The average Bonchev–Trinajstić information content (AvgIpc) is 4.02. The van der Waals surface area contributed by atoms with E-state index in [9.17, 15) is 0 Å². The number of hydrogen-bond acceptors (Lipinski definition) is 19. The predicted molar refractivity (Wildman–Crippen MR) is 237 cm³/mol. The fourth-order valence-corrected chi connectivity index (χ4v) is 7.69. The predicted octanol–water partition coefficient (Wildman–Crippen LogP) is 1.25. The Hall–Kier alpha value is -7.32. The van der Waals surface area contributed by atoms with Crippen molar-refractivity contribution in [1.82, 2.24) is 36.0 Å². The van der Waals surface area contributed by atoms with Crippen LogP contribution in [0.5, 0.6) is 34.5 Å². The van der Waals surface area contributed by atoms with Crippen LogP contribution in [-0.4, -0.2) is 129 Å². The molecule has 6 aliphatic rings. The molecule has 9 rings (SSSR count). The van der Waals surface area contributed by atoms with Gasteiger partial charge in [-0.1, -0.05) is 18.2 Å². The third-order valence-electron chi connectivity index (χ3n) is 10.8. The van der Waals surface area contributed by atoms with E-state index in [2.05, 4.69) is 36.2 Å². The van der Waals surface area contributed by atoms with Crippen LogP contribution >= 0.6 is 0 Å². The lowest BCUT2D eigenvalue weighted by Gasteiger charge is -2.31. The highest BCUT2D eigenvalue weighted by Crippen LogP contribution is 2.36. The number of benzene rings is 3. The molecule has 63 heavy (non-hydrogen) atoms. The lowest BCUT2D eigenvalue weighted by atomic mass is 10.1. The van der Waals surface area contributed by atoms with Gasteiger partial charge in [0, 0.05) is 46.7 Å². The number of ether oxygens (including phenoxy) is 6. The van der Waals surface area contributed by atoms with Crippen molar-refractivity contribution >= 4 is 35.8 Å². The summed E-state index contributed by atoms with van der Waals surface area (Å²) in [5, 5.41) is 13.0. The maximum atomic E-state index is 6.27. The molecule has 4 atom stereocenters. The summed E-state index contributed by atoms with van der Waals surface area (Å²) in [6, 6.07) is 17.9. The first-order valence-corrected chi connectivity index (χ1v) is 21.0. The zero-order valence-electron chi connectivity index (χ0n) is 35.7. The van der Waals surface area contributed by atoms with Crippen LogP contribution in [0.2, 0.25) is 0 Å². The van der Waals surface area contributed by atoms with E-state index in [0.29, 0.717) is 92.8 Å². The molecule has 0 aromatic heterocycles. The number of guanidine groups is 6. The molecule has 21 nitrogen and oxygen atoms in total. The van der Waals surface area contributed by atoms with E-state index >= 15 is 0 Å². The number of nitrogens with two attached hydrogens (primary N) is 2. The Labute approximate surface area is 364 Å². The SMILES string of the molecule is CC1N=C(N(C)Cc2ccc3c(c2)OCO3)NC(N(C)CC2Oc3ccc(CCN=C4NC(N)=NC(CCN(CCc5ccc6c(c5)OCO6)C5=NC(C)N=C(N)N5)N4)cc3O2)=N1. The number of rotatable bonds is 13. The van der Waals surface area contributed by atoms with Crippen LogP contribution in [-0.2, 0) is 19.4 Å². The fourth-order valence-electron chi connectivity index (χ4n) is 7.69. The lowest BCUT2D eigenvalue weighted by Crippen LogP contribution is -2.55. The lowest BCUT2D eigenvalue weighted by molar-refractivity contribution is 0.0342.